The van der Waals surface area contributed by atoms with E-state index in [1.807, 2.05) is 27.7 Å². The van der Waals surface area contributed by atoms with Crippen LogP contribution in [0.2, 0.25) is 0 Å². The molecule has 9 heteroatoms. The van der Waals surface area contributed by atoms with E-state index in [4.69, 9.17) is 4.74 Å². The lowest BCUT2D eigenvalue weighted by atomic mass is 10.1. The lowest BCUT2D eigenvalue weighted by Gasteiger charge is -2.33. The summed E-state index contributed by atoms with van der Waals surface area (Å²) in [7, 11) is 0. The number of ether oxygens (including phenoxy) is 1. The quantitative estimate of drug-likeness (QED) is 0.504. The topological polar surface area (TPSA) is 117 Å². The van der Waals surface area contributed by atoms with Crippen molar-refractivity contribution in [2.75, 3.05) is 31.6 Å². The number of carbonyl (C=O) groups excluding carboxylic acids is 4. The van der Waals surface area contributed by atoms with Crippen LogP contribution >= 0.6 is 0 Å². The predicted octanol–water partition coefficient (Wildman–Crippen LogP) is 1.15. The Labute approximate surface area is 182 Å². The molecule has 0 saturated carbocycles. The Kier molecular flexibility index (Phi) is 8.99. The van der Waals surface area contributed by atoms with Gasteiger partial charge in [0.2, 0.25) is 11.8 Å². The Morgan fingerprint density at radius 3 is 2.65 bits per heavy atom. The van der Waals surface area contributed by atoms with Crippen LogP contribution in [0.15, 0.2) is 24.3 Å². The number of piperazine rings is 1. The van der Waals surface area contributed by atoms with E-state index in [0.29, 0.717) is 24.3 Å². The fraction of sp³-hybridized carbons (Fsp3) is 0.545. The maximum atomic E-state index is 12.6. The van der Waals surface area contributed by atoms with Crippen molar-refractivity contribution in [2.45, 2.75) is 46.2 Å². The van der Waals surface area contributed by atoms with E-state index in [2.05, 4.69) is 16.0 Å². The Hall–Kier alpha value is -2.94. The van der Waals surface area contributed by atoms with Crippen molar-refractivity contribution >= 4 is 29.4 Å². The van der Waals surface area contributed by atoms with Crippen LogP contribution in [0, 0.1) is 5.92 Å². The van der Waals surface area contributed by atoms with E-state index in [1.54, 1.807) is 29.2 Å². The third kappa shape index (κ3) is 8.01. The van der Waals surface area contributed by atoms with Gasteiger partial charge in [0.1, 0.15) is 6.04 Å². The summed E-state index contributed by atoms with van der Waals surface area (Å²) in [6.07, 6.45) is -0.114. The van der Waals surface area contributed by atoms with Crippen molar-refractivity contribution in [2.24, 2.45) is 5.92 Å². The lowest BCUT2D eigenvalue weighted by Crippen LogP contribution is -2.57. The number of amides is 3. The van der Waals surface area contributed by atoms with Crippen LogP contribution in [0.5, 0.6) is 0 Å². The largest absolute Gasteiger partial charge is 0.465 e. The van der Waals surface area contributed by atoms with Gasteiger partial charge in [0.05, 0.1) is 19.6 Å². The SMILES string of the molecule is CC(C)COC(=O)CC1C(=O)NCCN1CC(=O)Nc1cccc(C(=O)NC(C)C)c1. The Balaban J connectivity index is 1.98. The molecule has 31 heavy (non-hydrogen) atoms. The van der Waals surface area contributed by atoms with Crippen molar-refractivity contribution in [1.82, 2.24) is 15.5 Å². The van der Waals surface area contributed by atoms with Gasteiger partial charge in [-0.2, -0.15) is 0 Å². The van der Waals surface area contributed by atoms with Crippen LogP contribution in [-0.4, -0.2) is 66.9 Å². The average molecular weight is 433 g/mol. The lowest BCUT2D eigenvalue weighted by molar-refractivity contribution is -0.149. The molecule has 1 aliphatic heterocycles. The van der Waals surface area contributed by atoms with Gasteiger partial charge in [-0.1, -0.05) is 19.9 Å². The molecule has 1 aliphatic rings. The van der Waals surface area contributed by atoms with Gasteiger partial charge >= 0.3 is 5.97 Å². The number of nitrogens with zero attached hydrogens (tertiary/aromatic N) is 1. The molecule has 1 atom stereocenters. The highest BCUT2D eigenvalue weighted by atomic mass is 16.5. The maximum absolute atomic E-state index is 12.6. The van der Waals surface area contributed by atoms with Gasteiger partial charge in [0.25, 0.3) is 5.91 Å². The number of rotatable bonds is 9. The van der Waals surface area contributed by atoms with E-state index >= 15 is 0 Å². The third-order valence-corrected chi connectivity index (χ3v) is 4.55. The molecule has 0 radical (unpaired) electrons. The van der Waals surface area contributed by atoms with Crippen LogP contribution in [-0.2, 0) is 19.1 Å². The van der Waals surface area contributed by atoms with Gasteiger partial charge < -0.3 is 20.7 Å². The average Bonchev–Trinajstić information content (AvgIpc) is 2.68. The number of hydrogen-bond donors (Lipinski definition) is 3. The summed E-state index contributed by atoms with van der Waals surface area (Å²) in [5.41, 5.74) is 0.922. The molecule has 1 fully saturated rings. The fourth-order valence-corrected chi connectivity index (χ4v) is 3.12. The van der Waals surface area contributed by atoms with Gasteiger partial charge in [0.15, 0.2) is 0 Å². The zero-order valence-corrected chi connectivity index (χ0v) is 18.6. The second-order valence-corrected chi connectivity index (χ2v) is 8.32. The van der Waals surface area contributed by atoms with Crippen molar-refractivity contribution in [3.05, 3.63) is 29.8 Å². The molecule has 170 valence electrons. The number of hydrogen-bond acceptors (Lipinski definition) is 6. The minimum Gasteiger partial charge on any atom is -0.465 e. The van der Waals surface area contributed by atoms with Crippen LogP contribution in [0.1, 0.15) is 44.5 Å². The Morgan fingerprint density at radius 2 is 1.97 bits per heavy atom. The first kappa shape index (κ1) is 24.3. The van der Waals surface area contributed by atoms with Crippen molar-refractivity contribution in [1.29, 1.82) is 0 Å². The van der Waals surface area contributed by atoms with Crippen molar-refractivity contribution < 1.29 is 23.9 Å². The summed E-state index contributed by atoms with van der Waals surface area (Å²) in [6, 6.07) is 5.88. The molecule has 1 heterocycles. The number of nitrogens with one attached hydrogen (secondary N) is 3. The van der Waals surface area contributed by atoms with Crippen LogP contribution < -0.4 is 16.0 Å². The van der Waals surface area contributed by atoms with E-state index in [1.165, 1.54) is 0 Å². The molecular formula is C22H32N4O5. The first-order chi connectivity index (χ1) is 14.7. The normalized spacial score (nSPS) is 16.7. The minimum atomic E-state index is -0.762. The zero-order chi connectivity index (χ0) is 23.0. The third-order valence-electron chi connectivity index (χ3n) is 4.55. The summed E-state index contributed by atoms with van der Waals surface area (Å²) < 4.78 is 5.18. The zero-order valence-electron chi connectivity index (χ0n) is 18.6. The maximum Gasteiger partial charge on any atom is 0.307 e. The molecule has 0 aromatic heterocycles. The monoisotopic (exact) mass is 432 g/mol. The van der Waals surface area contributed by atoms with Gasteiger partial charge in [-0.05, 0) is 38.0 Å². The second-order valence-electron chi connectivity index (χ2n) is 8.32. The highest BCUT2D eigenvalue weighted by Crippen LogP contribution is 2.13. The standard InChI is InChI=1S/C22H32N4O5/c1-14(2)13-31-20(28)11-18-22(30)23-8-9-26(18)12-19(27)25-17-7-5-6-16(10-17)21(29)24-15(3)4/h5-7,10,14-15,18H,8-9,11-13H2,1-4H3,(H,23,30)(H,24,29)(H,25,27). The van der Waals surface area contributed by atoms with E-state index < -0.39 is 12.0 Å². The molecule has 0 bridgehead atoms. The first-order valence-corrected chi connectivity index (χ1v) is 10.5. The van der Waals surface area contributed by atoms with Crippen molar-refractivity contribution in [3.8, 4) is 0 Å². The Bertz CT molecular complexity index is 809. The van der Waals surface area contributed by atoms with Crippen LogP contribution in [0.25, 0.3) is 0 Å². The smallest absolute Gasteiger partial charge is 0.307 e. The molecule has 1 aromatic carbocycles. The second kappa shape index (κ2) is 11.5. The summed E-state index contributed by atoms with van der Waals surface area (Å²) in [5, 5.41) is 8.29. The molecule has 3 N–H and O–H groups in total. The predicted molar refractivity (Wildman–Crippen MR) is 116 cm³/mol. The van der Waals surface area contributed by atoms with Gasteiger partial charge in [-0.25, -0.2) is 0 Å². The Morgan fingerprint density at radius 1 is 1.23 bits per heavy atom. The first-order valence-electron chi connectivity index (χ1n) is 10.5. The molecule has 1 aromatic rings. The number of esters is 1. The van der Waals surface area contributed by atoms with Gasteiger partial charge in [0, 0.05) is 30.4 Å². The summed E-state index contributed by atoms with van der Waals surface area (Å²) in [6.45, 7) is 8.66. The molecule has 0 spiro atoms. The van der Waals surface area contributed by atoms with Gasteiger partial charge in [-0.3, -0.25) is 24.1 Å². The van der Waals surface area contributed by atoms with E-state index in [9.17, 15) is 19.2 Å². The molecular weight excluding hydrogens is 400 g/mol. The van der Waals surface area contributed by atoms with Gasteiger partial charge in [-0.15, -0.1) is 0 Å². The minimum absolute atomic E-state index is 0.000145. The highest BCUT2D eigenvalue weighted by Gasteiger charge is 2.33. The fourth-order valence-electron chi connectivity index (χ4n) is 3.12. The number of anilines is 1. The van der Waals surface area contributed by atoms with Crippen LogP contribution in [0.4, 0.5) is 5.69 Å². The number of carbonyl (C=O) groups is 4. The molecule has 1 unspecified atom stereocenters. The molecule has 0 aliphatic carbocycles. The summed E-state index contributed by atoms with van der Waals surface area (Å²) >= 11 is 0. The van der Waals surface area contributed by atoms with E-state index in [0.717, 1.165) is 0 Å². The summed E-state index contributed by atoms with van der Waals surface area (Å²) in [4.78, 5) is 50.8. The van der Waals surface area contributed by atoms with Crippen LogP contribution in [0.3, 0.4) is 0 Å². The summed E-state index contributed by atoms with van der Waals surface area (Å²) in [5.74, 6) is -1.13. The van der Waals surface area contributed by atoms with Crippen molar-refractivity contribution in [3.63, 3.8) is 0 Å². The molecule has 3 amide bonds. The van der Waals surface area contributed by atoms with E-state index in [-0.39, 0.29) is 49.3 Å². The number of benzene rings is 1. The molecule has 2 rings (SSSR count). The molecule has 1 saturated heterocycles. The molecule has 9 nitrogen and oxygen atoms in total. The highest BCUT2D eigenvalue weighted by molar-refractivity contribution is 5.98.